The van der Waals surface area contributed by atoms with E-state index < -0.39 is 10.0 Å². The Balaban J connectivity index is 1.51. The van der Waals surface area contributed by atoms with Crippen molar-refractivity contribution in [3.05, 3.63) is 59.1 Å². The summed E-state index contributed by atoms with van der Waals surface area (Å²) in [5.41, 5.74) is 0.856. The van der Waals surface area contributed by atoms with E-state index in [0.717, 1.165) is 0 Å². The molecule has 0 saturated carbocycles. The molecule has 3 aromatic rings. The lowest BCUT2D eigenvalue weighted by Crippen LogP contribution is -2.42. The topological polar surface area (TPSA) is 134 Å². The summed E-state index contributed by atoms with van der Waals surface area (Å²) in [7, 11) is -3.78. The molecule has 4 rings (SSSR count). The summed E-state index contributed by atoms with van der Waals surface area (Å²) >= 11 is 5.79. The van der Waals surface area contributed by atoms with Crippen LogP contribution in [0.4, 0.5) is 5.95 Å². The van der Waals surface area contributed by atoms with Crippen molar-refractivity contribution in [2.45, 2.75) is 23.8 Å². The number of carbonyl (C=O) groups is 1. The fourth-order valence-corrected chi connectivity index (χ4v) is 5.03. The van der Waals surface area contributed by atoms with Crippen LogP contribution in [0.25, 0.3) is 5.69 Å². The molecule has 164 valence electrons. The van der Waals surface area contributed by atoms with E-state index in [0.29, 0.717) is 48.8 Å². The van der Waals surface area contributed by atoms with Crippen LogP contribution in [-0.4, -0.2) is 57.9 Å². The summed E-state index contributed by atoms with van der Waals surface area (Å²) in [6, 6.07) is 6.31. The van der Waals surface area contributed by atoms with E-state index in [2.05, 4.69) is 20.4 Å². The smallest absolute Gasteiger partial charge is 0.243 e. The molecule has 0 radical (unpaired) electrons. The minimum atomic E-state index is -3.78. The van der Waals surface area contributed by atoms with Crippen LogP contribution >= 0.6 is 11.6 Å². The van der Waals surface area contributed by atoms with E-state index in [1.165, 1.54) is 52.0 Å². The summed E-state index contributed by atoms with van der Waals surface area (Å²) in [6.45, 7) is 0.639. The van der Waals surface area contributed by atoms with E-state index in [9.17, 15) is 18.5 Å². The Kier molecular flexibility index (Phi) is 6.18. The predicted octanol–water partition coefficient (Wildman–Crippen LogP) is 2.27. The van der Waals surface area contributed by atoms with E-state index in [1.807, 2.05) is 6.07 Å². The van der Waals surface area contributed by atoms with Crippen LogP contribution in [0.15, 0.2) is 47.9 Å². The van der Waals surface area contributed by atoms with Crippen molar-refractivity contribution < 1.29 is 13.2 Å². The van der Waals surface area contributed by atoms with Gasteiger partial charge in [-0.25, -0.2) is 23.1 Å². The number of hydrogen-bond donors (Lipinski definition) is 1. The van der Waals surface area contributed by atoms with Crippen LogP contribution in [0, 0.1) is 11.3 Å². The van der Waals surface area contributed by atoms with Crippen molar-refractivity contribution in [2.75, 3.05) is 18.4 Å². The molecule has 0 unspecified atom stereocenters. The van der Waals surface area contributed by atoms with Crippen molar-refractivity contribution in [2.24, 2.45) is 0 Å². The van der Waals surface area contributed by atoms with Crippen molar-refractivity contribution >= 4 is 33.9 Å². The highest BCUT2D eigenvalue weighted by Crippen LogP contribution is 2.25. The van der Waals surface area contributed by atoms with Gasteiger partial charge < -0.3 is 5.32 Å². The highest BCUT2D eigenvalue weighted by atomic mass is 35.5. The maximum Gasteiger partial charge on any atom is 0.243 e. The number of nitriles is 1. The first-order valence-electron chi connectivity index (χ1n) is 9.69. The highest BCUT2D eigenvalue weighted by molar-refractivity contribution is 7.89. The van der Waals surface area contributed by atoms with Crippen LogP contribution in [0.2, 0.25) is 5.02 Å². The van der Waals surface area contributed by atoms with Gasteiger partial charge in [-0.3, -0.25) is 4.79 Å². The zero-order valence-corrected chi connectivity index (χ0v) is 18.3. The lowest BCUT2D eigenvalue weighted by Gasteiger charge is -2.31. The Bertz CT molecular complexity index is 1280. The molecule has 1 aromatic carbocycles. The molecule has 1 aliphatic rings. The summed E-state index contributed by atoms with van der Waals surface area (Å²) in [6.07, 6.45) is 7.57. The molecular formula is C20H18ClN7O3S. The Hall–Kier alpha value is -3.33. The Labute approximate surface area is 189 Å². The third kappa shape index (κ3) is 4.47. The molecule has 32 heavy (non-hydrogen) atoms. The second kappa shape index (κ2) is 9.04. The van der Waals surface area contributed by atoms with Gasteiger partial charge in [0.05, 0.1) is 45.3 Å². The number of piperidine rings is 1. The molecule has 12 heteroatoms. The first-order valence-corrected chi connectivity index (χ1v) is 11.5. The normalized spacial score (nSPS) is 15.2. The lowest BCUT2D eigenvalue weighted by molar-refractivity contribution is 0.112. The van der Waals surface area contributed by atoms with Gasteiger partial charge >= 0.3 is 0 Å². The third-order valence-corrected chi connectivity index (χ3v) is 7.21. The fraction of sp³-hybridized carbons (Fsp3) is 0.250. The quantitative estimate of drug-likeness (QED) is 0.541. The molecule has 2 aromatic heterocycles. The average Bonchev–Trinajstić information content (AvgIpc) is 3.30. The van der Waals surface area contributed by atoms with Gasteiger partial charge in [0.2, 0.25) is 16.0 Å². The van der Waals surface area contributed by atoms with Crippen LogP contribution in [0.5, 0.6) is 0 Å². The number of nitrogens with zero attached hydrogens (tertiary/aromatic N) is 6. The monoisotopic (exact) mass is 471 g/mol. The molecule has 1 aliphatic heterocycles. The zero-order chi connectivity index (χ0) is 22.7. The Morgan fingerprint density at radius 3 is 2.53 bits per heavy atom. The number of rotatable bonds is 6. The molecule has 0 aliphatic carbocycles. The van der Waals surface area contributed by atoms with Gasteiger partial charge in [0, 0.05) is 25.3 Å². The van der Waals surface area contributed by atoms with Crippen molar-refractivity contribution in [3.63, 3.8) is 0 Å². The number of aldehydes is 1. The van der Waals surface area contributed by atoms with Gasteiger partial charge in [-0.05, 0) is 31.0 Å². The average molecular weight is 472 g/mol. The zero-order valence-electron chi connectivity index (χ0n) is 16.7. The van der Waals surface area contributed by atoms with Gasteiger partial charge in [0.15, 0.2) is 6.29 Å². The number of carbonyl (C=O) groups excluding carboxylic acids is 1. The van der Waals surface area contributed by atoms with Crippen molar-refractivity contribution in [1.82, 2.24) is 24.1 Å². The van der Waals surface area contributed by atoms with Gasteiger partial charge in [-0.1, -0.05) is 11.6 Å². The number of nitrogens with one attached hydrogen (secondary N) is 1. The molecule has 3 heterocycles. The summed E-state index contributed by atoms with van der Waals surface area (Å²) in [5, 5.41) is 17.1. The maximum absolute atomic E-state index is 13.2. The summed E-state index contributed by atoms with van der Waals surface area (Å²) in [4.78, 5) is 19.2. The molecular weight excluding hydrogens is 454 g/mol. The number of halogens is 1. The lowest BCUT2D eigenvalue weighted by atomic mass is 10.1. The fourth-order valence-electron chi connectivity index (χ4n) is 3.44. The van der Waals surface area contributed by atoms with Crippen LogP contribution in [0.3, 0.4) is 0 Å². The van der Waals surface area contributed by atoms with E-state index in [1.54, 1.807) is 0 Å². The van der Waals surface area contributed by atoms with Crippen LogP contribution in [-0.2, 0) is 10.0 Å². The molecule has 0 atom stereocenters. The second-order valence-corrected chi connectivity index (χ2v) is 9.55. The van der Waals surface area contributed by atoms with Gasteiger partial charge in [0.25, 0.3) is 0 Å². The summed E-state index contributed by atoms with van der Waals surface area (Å²) < 4.78 is 29.2. The number of aromatic nitrogens is 4. The minimum absolute atomic E-state index is 0.0324. The third-order valence-electron chi connectivity index (χ3n) is 5.12. The van der Waals surface area contributed by atoms with Crippen molar-refractivity contribution in [1.29, 1.82) is 5.26 Å². The largest absolute Gasteiger partial charge is 0.351 e. The van der Waals surface area contributed by atoms with Crippen LogP contribution < -0.4 is 5.32 Å². The molecule has 1 fully saturated rings. The minimum Gasteiger partial charge on any atom is -0.351 e. The van der Waals surface area contributed by atoms with E-state index in [-0.39, 0.29) is 22.2 Å². The SMILES string of the molecule is N#Cc1ccc(S(=O)(=O)N2CCC(Nc3ncc(Cl)cn3)CC2)cc1-n1cc(C=O)cn1. The molecule has 10 nitrogen and oxygen atoms in total. The Morgan fingerprint density at radius 1 is 1.19 bits per heavy atom. The van der Waals surface area contributed by atoms with E-state index in [4.69, 9.17) is 11.6 Å². The number of anilines is 1. The summed E-state index contributed by atoms with van der Waals surface area (Å²) in [5.74, 6) is 0.446. The van der Waals surface area contributed by atoms with Gasteiger partial charge in [-0.15, -0.1) is 0 Å². The Morgan fingerprint density at radius 2 is 1.91 bits per heavy atom. The standard InChI is InChI=1S/C20H18ClN7O3S/c21-16-10-23-20(24-11-16)26-17-3-5-27(6-4-17)32(30,31)18-2-1-15(8-22)19(7-18)28-12-14(13-29)9-25-28/h1-2,7,9-13,17H,3-6H2,(H,23,24,26). The second-order valence-electron chi connectivity index (χ2n) is 7.17. The first kappa shape index (κ1) is 21.9. The molecule has 1 saturated heterocycles. The van der Waals surface area contributed by atoms with Gasteiger partial charge in [-0.2, -0.15) is 14.7 Å². The molecule has 0 amide bonds. The first-order chi connectivity index (χ1) is 15.4. The highest BCUT2D eigenvalue weighted by Gasteiger charge is 2.30. The molecule has 1 N–H and O–H groups in total. The predicted molar refractivity (Wildman–Crippen MR) is 116 cm³/mol. The number of hydrogen-bond acceptors (Lipinski definition) is 8. The van der Waals surface area contributed by atoms with Gasteiger partial charge in [0.1, 0.15) is 6.07 Å². The van der Waals surface area contributed by atoms with E-state index >= 15 is 0 Å². The van der Waals surface area contributed by atoms with Crippen LogP contribution in [0.1, 0.15) is 28.8 Å². The number of sulfonamides is 1. The maximum atomic E-state index is 13.2. The molecule has 0 spiro atoms. The molecule has 0 bridgehead atoms. The van der Waals surface area contributed by atoms with Crippen molar-refractivity contribution in [3.8, 4) is 11.8 Å². The number of benzene rings is 1.